The Morgan fingerprint density at radius 1 is 0.977 bits per heavy atom. The second-order valence-electron chi connectivity index (χ2n) is 9.26. The normalized spacial score (nSPS) is 12.3. The lowest BCUT2D eigenvalue weighted by atomic mass is 10.0. The van der Waals surface area contributed by atoms with Crippen molar-refractivity contribution in [2.24, 2.45) is 0 Å². The number of sulfone groups is 2. The van der Waals surface area contributed by atoms with Crippen molar-refractivity contribution >= 4 is 48.4 Å². The fourth-order valence-corrected chi connectivity index (χ4v) is 7.71. The Labute approximate surface area is 250 Å². The molecule has 0 aliphatic heterocycles. The molecule has 0 aliphatic rings. The van der Waals surface area contributed by atoms with Crippen LogP contribution in [0.15, 0.2) is 64.0 Å². The maximum absolute atomic E-state index is 12.8. The summed E-state index contributed by atoms with van der Waals surface area (Å²) in [5.41, 5.74) is -1.11. The van der Waals surface area contributed by atoms with Gasteiger partial charge in [0.1, 0.15) is 18.8 Å². The smallest absolute Gasteiger partial charge is 0.416 e. The number of esters is 1. The first-order chi connectivity index (χ1) is 20.1. The summed E-state index contributed by atoms with van der Waals surface area (Å²) in [5.74, 6) is -1.40. The third-order valence-electron chi connectivity index (χ3n) is 5.81. The average Bonchev–Trinajstić information content (AvgIpc) is 2.91. The standard InChI is InChI=1S/C27H28F3NO9S3/c1-18(2)25(32)39-8-12-43(36,37)14-10-41-9-13-42(34,35)11-7-38-24-16-23-20(17-31-24)15-22(26(33)40-23)19-3-5-21(6-4-19)27(28,29)30/h3-6,15-17H,1,7-14H2,2H3. The maximum Gasteiger partial charge on any atom is 0.416 e. The van der Waals surface area contributed by atoms with E-state index in [0.717, 1.165) is 23.9 Å². The number of pyridine rings is 1. The van der Waals surface area contributed by atoms with Gasteiger partial charge in [-0.25, -0.2) is 31.4 Å². The summed E-state index contributed by atoms with van der Waals surface area (Å²) in [5, 5.41) is 0.376. The van der Waals surface area contributed by atoms with Crippen LogP contribution in [0.4, 0.5) is 13.2 Å². The first kappa shape index (κ1) is 34.1. The van der Waals surface area contributed by atoms with E-state index in [9.17, 15) is 39.6 Å². The van der Waals surface area contributed by atoms with E-state index in [1.165, 1.54) is 37.4 Å². The van der Waals surface area contributed by atoms with E-state index in [1.807, 2.05) is 0 Å². The largest absolute Gasteiger partial charge is 0.476 e. The molecule has 2 heterocycles. The van der Waals surface area contributed by atoms with Gasteiger partial charge in [0.15, 0.2) is 19.7 Å². The lowest BCUT2D eigenvalue weighted by Gasteiger charge is -2.09. The quantitative estimate of drug-likeness (QED) is 0.132. The second-order valence-corrected chi connectivity index (χ2v) is 15.1. The number of carbonyl (C=O) groups is 1. The van der Waals surface area contributed by atoms with Crippen LogP contribution in [0.5, 0.6) is 5.88 Å². The lowest BCUT2D eigenvalue weighted by molar-refractivity contribution is -0.138. The fraction of sp³-hybridized carbons (Fsp3) is 0.370. The van der Waals surface area contributed by atoms with Gasteiger partial charge in [-0.1, -0.05) is 18.7 Å². The van der Waals surface area contributed by atoms with Crippen molar-refractivity contribution in [1.82, 2.24) is 4.98 Å². The number of hydrogen-bond donors (Lipinski definition) is 0. The molecule has 0 bridgehead atoms. The van der Waals surface area contributed by atoms with Crippen molar-refractivity contribution in [2.45, 2.75) is 13.1 Å². The number of alkyl halides is 3. The summed E-state index contributed by atoms with van der Waals surface area (Å²) in [6, 6.07) is 6.78. The number of hydrogen-bond acceptors (Lipinski definition) is 11. The Morgan fingerprint density at radius 2 is 1.58 bits per heavy atom. The van der Waals surface area contributed by atoms with Crippen molar-refractivity contribution in [3.05, 3.63) is 70.7 Å². The van der Waals surface area contributed by atoms with Gasteiger partial charge in [0.05, 0.1) is 34.1 Å². The summed E-state index contributed by atoms with van der Waals surface area (Å²) < 4.78 is 103. The number of thioether (sulfide) groups is 1. The molecule has 0 saturated carbocycles. The Morgan fingerprint density at radius 3 is 2.16 bits per heavy atom. The zero-order valence-electron chi connectivity index (χ0n) is 22.9. The fourth-order valence-electron chi connectivity index (χ4n) is 3.45. The van der Waals surface area contributed by atoms with E-state index in [-0.39, 0.29) is 75.9 Å². The molecule has 0 amide bonds. The summed E-state index contributed by atoms with van der Waals surface area (Å²) >= 11 is 1.16. The van der Waals surface area contributed by atoms with E-state index < -0.39 is 43.0 Å². The molecule has 0 atom stereocenters. The first-order valence-corrected chi connectivity index (χ1v) is 17.4. The van der Waals surface area contributed by atoms with Crippen LogP contribution in [0, 0.1) is 0 Å². The lowest BCUT2D eigenvalue weighted by Crippen LogP contribution is -2.20. The molecule has 43 heavy (non-hydrogen) atoms. The third kappa shape index (κ3) is 10.7. The molecule has 10 nitrogen and oxygen atoms in total. The van der Waals surface area contributed by atoms with Gasteiger partial charge < -0.3 is 13.9 Å². The molecule has 0 spiro atoms. The summed E-state index contributed by atoms with van der Waals surface area (Å²) in [6.45, 7) is 4.33. The molecule has 0 saturated heterocycles. The number of halogens is 3. The SMILES string of the molecule is C=C(C)C(=O)OCCS(=O)(=O)CCSCCS(=O)(=O)CCOc1cc2oc(=O)c(-c3ccc(C(F)(F)F)cc3)cc2cn1. The van der Waals surface area contributed by atoms with Crippen LogP contribution in [0.3, 0.4) is 0 Å². The highest BCUT2D eigenvalue weighted by Crippen LogP contribution is 2.31. The molecule has 2 aromatic heterocycles. The van der Waals surface area contributed by atoms with Gasteiger partial charge in [-0.15, -0.1) is 0 Å². The minimum Gasteiger partial charge on any atom is -0.476 e. The molecule has 0 aliphatic carbocycles. The molecule has 0 fully saturated rings. The Hall–Kier alpha value is -3.37. The van der Waals surface area contributed by atoms with E-state index in [4.69, 9.17) is 13.9 Å². The molecule has 3 aromatic rings. The number of benzene rings is 1. The number of carbonyl (C=O) groups excluding carboxylic acids is 1. The van der Waals surface area contributed by atoms with Crippen LogP contribution in [0.1, 0.15) is 12.5 Å². The zero-order valence-corrected chi connectivity index (χ0v) is 25.3. The van der Waals surface area contributed by atoms with E-state index >= 15 is 0 Å². The number of fused-ring (bicyclic) bond motifs is 1. The topological polar surface area (TPSA) is 147 Å². The monoisotopic (exact) mass is 663 g/mol. The van der Waals surface area contributed by atoms with Crippen molar-refractivity contribution < 1.29 is 48.7 Å². The highest BCUT2D eigenvalue weighted by Gasteiger charge is 2.30. The predicted molar refractivity (Wildman–Crippen MR) is 157 cm³/mol. The van der Waals surface area contributed by atoms with Gasteiger partial charge >= 0.3 is 17.8 Å². The maximum atomic E-state index is 12.8. The highest BCUT2D eigenvalue weighted by atomic mass is 32.2. The molecule has 16 heteroatoms. The van der Waals surface area contributed by atoms with Gasteiger partial charge in [0.2, 0.25) is 5.88 Å². The first-order valence-electron chi connectivity index (χ1n) is 12.6. The highest BCUT2D eigenvalue weighted by molar-refractivity contribution is 8.01. The second kappa shape index (κ2) is 14.4. The molecular weight excluding hydrogens is 635 g/mol. The van der Waals surface area contributed by atoms with E-state index in [1.54, 1.807) is 0 Å². The van der Waals surface area contributed by atoms with Gasteiger partial charge in [-0.3, -0.25) is 0 Å². The Kier molecular flexibility index (Phi) is 11.4. The number of aromatic nitrogens is 1. The van der Waals surface area contributed by atoms with Crippen LogP contribution in [-0.4, -0.2) is 75.5 Å². The summed E-state index contributed by atoms with van der Waals surface area (Å²) in [4.78, 5) is 27.8. The molecule has 234 valence electrons. The van der Waals surface area contributed by atoms with Crippen LogP contribution < -0.4 is 10.4 Å². The third-order valence-corrected chi connectivity index (χ3v) is 10.5. The van der Waals surface area contributed by atoms with Crippen LogP contribution >= 0.6 is 11.8 Å². The van der Waals surface area contributed by atoms with Crippen molar-refractivity contribution in [2.75, 3.05) is 47.7 Å². The summed E-state index contributed by atoms with van der Waals surface area (Å²) in [7, 11) is -7.00. The van der Waals surface area contributed by atoms with Gasteiger partial charge in [0, 0.05) is 34.7 Å². The molecule has 0 unspecified atom stereocenters. The number of nitrogens with zero attached hydrogens (tertiary/aromatic N) is 1. The van der Waals surface area contributed by atoms with Crippen molar-refractivity contribution in [1.29, 1.82) is 0 Å². The zero-order chi connectivity index (χ0) is 31.8. The van der Waals surface area contributed by atoms with Crippen molar-refractivity contribution in [3.8, 4) is 17.0 Å². The van der Waals surface area contributed by atoms with E-state index in [2.05, 4.69) is 11.6 Å². The van der Waals surface area contributed by atoms with Crippen LogP contribution in [0.25, 0.3) is 22.1 Å². The number of ether oxygens (including phenoxy) is 2. The molecule has 0 N–H and O–H groups in total. The Bertz CT molecular complexity index is 1740. The Balaban J connectivity index is 1.46. The molecule has 0 radical (unpaired) electrons. The van der Waals surface area contributed by atoms with Crippen LogP contribution in [0.2, 0.25) is 0 Å². The van der Waals surface area contributed by atoms with Gasteiger partial charge in [-0.05, 0) is 30.7 Å². The average molecular weight is 664 g/mol. The molecular formula is C27H28F3NO9S3. The molecule has 3 rings (SSSR count). The van der Waals surface area contributed by atoms with E-state index in [0.29, 0.717) is 5.39 Å². The number of rotatable bonds is 15. The predicted octanol–water partition coefficient (Wildman–Crippen LogP) is 3.93. The van der Waals surface area contributed by atoms with Gasteiger partial charge in [-0.2, -0.15) is 24.9 Å². The van der Waals surface area contributed by atoms with Crippen molar-refractivity contribution in [3.63, 3.8) is 0 Å². The summed E-state index contributed by atoms with van der Waals surface area (Å²) in [6.07, 6.45) is -3.19. The minimum absolute atomic E-state index is 0.00152. The molecule has 1 aromatic carbocycles. The van der Waals surface area contributed by atoms with Gasteiger partial charge in [0.25, 0.3) is 0 Å². The van der Waals surface area contributed by atoms with Crippen LogP contribution in [-0.2, 0) is 35.4 Å². The minimum atomic E-state index is -4.51.